The fourth-order valence-electron chi connectivity index (χ4n) is 2.97. The molecule has 0 amide bonds. The fraction of sp³-hybridized carbons (Fsp3) is 0.444. The molecule has 2 heterocycles. The average Bonchev–Trinajstić information content (AvgIpc) is 2.84. The molecule has 1 aromatic carbocycles. The van der Waals surface area contributed by atoms with E-state index in [1.807, 2.05) is 31.2 Å². The first-order chi connectivity index (χ1) is 11.7. The summed E-state index contributed by atoms with van der Waals surface area (Å²) in [6, 6.07) is 7.61. The van der Waals surface area contributed by atoms with Gasteiger partial charge in [0.15, 0.2) is 0 Å². The van der Waals surface area contributed by atoms with Gasteiger partial charge in [0.2, 0.25) is 0 Å². The molecule has 3 rings (SSSR count). The second kappa shape index (κ2) is 7.71. The number of hydrogen-bond donors (Lipinski definition) is 1. The van der Waals surface area contributed by atoms with Crippen molar-refractivity contribution in [2.24, 2.45) is 0 Å². The van der Waals surface area contributed by atoms with Gasteiger partial charge in [0.25, 0.3) is 0 Å². The third kappa shape index (κ3) is 4.09. The molecule has 6 heteroatoms. The van der Waals surface area contributed by atoms with Crippen LogP contribution in [-0.4, -0.2) is 30.2 Å². The van der Waals surface area contributed by atoms with Gasteiger partial charge in [-0.1, -0.05) is 24.4 Å². The molecule has 0 atom stereocenters. The van der Waals surface area contributed by atoms with Crippen molar-refractivity contribution >= 4 is 28.9 Å². The molecule has 24 heavy (non-hydrogen) atoms. The van der Waals surface area contributed by atoms with E-state index in [4.69, 9.17) is 16.3 Å². The van der Waals surface area contributed by atoms with Crippen LogP contribution in [0.1, 0.15) is 31.5 Å². The zero-order valence-electron chi connectivity index (χ0n) is 14.2. The monoisotopic (exact) mass is 346 g/mol. The summed E-state index contributed by atoms with van der Waals surface area (Å²) in [5.74, 6) is 3.19. The molecule has 0 radical (unpaired) electrons. The molecule has 1 saturated heterocycles. The van der Waals surface area contributed by atoms with Crippen LogP contribution in [0.3, 0.4) is 0 Å². The smallest absolute Gasteiger partial charge is 0.137 e. The predicted molar refractivity (Wildman–Crippen MR) is 98.7 cm³/mol. The molecule has 0 bridgehead atoms. The molecule has 128 valence electrons. The first kappa shape index (κ1) is 16.8. The number of nitrogens with zero attached hydrogens (tertiary/aromatic N) is 3. The number of ether oxygens (including phenoxy) is 1. The molecule has 0 aliphatic carbocycles. The van der Waals surface area contributed by atoms with Gasteiger partial charge < -0.3 is 15.0 Å². The van der Waals surface area contributed by atoms with Gasteiger partial charge in [-0.15, -0.1) is 0 Å². The summed E-state index contributed by atoms with van der Waals surface area (Å²) < 4.78 is 5.19. The SMILES string of the molecule is COc1ccc(Nc2cc(N3CCCCCC3)nc(C)n2)cc1Cl. The van der Waals surface area contributed by atoms with Gasteiger partial charge in [-0.3, -0.25) is 0 Å². The zero-order chi connectivity index (χ0) is 16.9. The Balaban J connectivity index is 1.81. The molecule has 1 N–H and O–H groups in total. The molecule has 0 saturated carbocycles. The van der Waals surface area contributed by atoms with Crippen molar-refractivity contribution < 1.29 is 4.74 Å². The Kier molecular flexibility index (Phi) is 5.41. The lowest BCUT2D eigenvalue weighted by molar-refractivity contribution is 0.415. The van der Waals surface area contributed by atoms with Crippen molar-refractivity contribution in [3.63, 3.8) is 0 Å². The quantitative estimate of drug-likeness (QED) is 0.878. The maximum atomic E-state index is 6.19. The molecule has 1 aliphatic heterocycles. The third-order valence-corrected chi connectivity index (χ3v) is 4.47. The van der Waals surface area contributed by atoms with Crippen LogP contribution >= 0.6 is 11.6 Å². The number of hydrogen-bond acceptors (Lipinski definition) is 5. The Morgan fingerprint density at radius 2 is 1.83 bits per heavy atom. The molecular formula is C18H23ClN4O. The van der Waals surface area contributed by atoms with Crippen molar-refractivity contribution in [3.8, 4) is 5.75 Å². The lowest BCUT2D eigenvalue weighted by Crippen LogP contribution is -2.25. The molecule has 0 spiro atoms. The second-order valence-corrected chi connectivity index (χ2v) is 6.44. The molecule has 1 fully saturated rings. The zero-order valence-corrected chi connectivity index (χ0v) is 14.9. The predicted octanol–water partition coefficient (Wildman–Crippen LogP) is 4.57. The van der Waals surface area contributed by atoms with Gasteiger partial charge in [0.05, 0.1) is 12.1 Å². The molecule has 5 nitrogen and oxygen atoms in total. The first-order valence-corrected chi connectivity index (χ1v) is 8.75. The summed E-state index contributed by atoms with van der Waals surface area (Å²) in [5.41, 5.74) is 0.876. The topological polar surface area (TPSA) is 50.3 Å². The molecule has 1 aromatic heterocycles. The van der Waals surface area contributed by atoms with E-state index in [1.165, 1.54) is 25.7 Å². The van der Waals surface area contributed by atoms with Crippen LogP contribution in [-0.2, 0) is 0 Å². The van der Waals surface area contributed by atoms with Crippen LogP contribution in [0, 0.1) is 6.92 Å². The van der Waals surface area contributed by atoms with Gasteiger partial charge in [-0.2, -0.15) is 0 Å². The van der Waals surface area contributed by atoms with Crippen molar-refractivity contribution in [1.82, 2.24) is 9.97 Å². The Hall–Kier alpha value is -2.01. The number of rotatable bonds is 4. The van der Waals surface area contributed by atoms with Gasteiger partial charge >= 0.3 is 0 Å². The van der Waals surface area contributed by atoms with Gasteiger partial charge in [0.1, 0.15) is 23.2 Å². The van der Waals surface area contributed by atoms with Crippen LogP contribution < -0.4 is 15.0 Å². The van der Waals surface area contributed by atoms with Crippen LogP contribution in [0.2, 0.25) is 5.02 Å². The van der Waals surface area contributed by atoms with Gasteiger partial charge in [-0.25, -0.2) is 9.97 Å². The summed E-state index contributed by atoms with van der Waals surface area (Å²) >= 11 is 6.19. The summed E-state index contributed by atoms with van der Waals surface area (Å²) in [4.78, 5) is 11.5. The summed E-state index contributed by atoms with van der Waals surface area (Å²) in [6.07, 6.45) is 5.05. The van der Waals surface area contributed by atoms with E-state index in [-0.39, 0.29) is 0 Å². The number of anilines is 3. The van der Waals surface area contributed by atoms with Crippen LogP contribution in [0.5, 0.6) is 5.75 Å². The van der Waals surface area contributed by atoms with E-state index in [1.54, 1.807) is 7.11 Å². The van der Waals surface area contributed by atoms with E-state index >= 15 is 0 Å². The maximum absolute atomic E-state index is 6.19. The largest absolute Gasteiger partial charge is 0.495 e. The van der Waals surface area contributed by atoms with E-state index in [9.17, 15) is 0 Å². The number of halogens is 1. The third-order valence-electron chi connectivity index (χ3n) is 4.18. The molecule has 0 unspecified atom stereocenters. The van der Waals surface area contributed by atoms with E-state index in [2.05, 4.69) is 20.2 Å². The van der Waals surface area contributed by atoms with Crippen molar-refractivity contribution in [2.45, 2.75) is 32.6 Å². The summed E-state index contributed by atoms with van der Waals surface area (Å²) in [6.45, 7) is 4.04. The minimum absolute atomic E-state index is 0.570. The highest BCUT2D eigenvalue weighted by Gasteiger charge is 2.13. The first-order valence-electron chi connectivity index (χ1n) is 8.37. The molecule has 2 aromatic rings. The standard InChI is InChI=1S/C18H23ClN4O/c1-13-20-17(22-14-7-8-16(24-2)15(19)11-14)12-18(21-13)23-9-5-3-4-6-10-23/h7-8,11-12H,3-6,9-10H2,1-2H3,(H,20,21,22). The highest BCUT2D eigenvalue weighted by molar-refractivity contribution is 6.32. The second-order valence-electron chi connectivity index (χ2n) is 6.03. The lowest BCUT2D eigenvalue weighted by atomic mass is 10.2. The van der Waals surface area contributed by atoms with Crippen LogP contribution in [0.15, 0.2) is 24.3 Å². The van der Waals surface area contributed by atoms with E-state index < -0.39 is 0 Å². The van der Waals surface area contributed by atoms with Gasteiger partial charge in [-0.05, 0) is 38.0 Å². The minimum Gasteiger partial charge on any atom is -0.495 e. The minimum atomic E-state index is 0.570. The Bertz CT molecular complexity index is 699. The number of benzene rings is 1. The average molecular weight is 347 g/mol. The van der Waals surface area contributed by atoms with Crippen LogP contribution in [0.4, 0.5) is 17.3 Å². The summed E-state index contributed by atoms with van der Waals surface area (Å²) in [5, 5.41) is 3.88. The Labute approximate surface area is 148 Å². The highest BCUT2D eigenvalue weighted by atomic mass is 35.5. The Morgan fingerprint density at radius 1 is 1.08 bits per heavy atom. The van der Waals surface area contributed by atoms with Crippen molar-refractivity contribution in [3.05, 3.63) is 35.1 Å². The van der Waals surface area contributed by atoms with Crippen LogP contribution in [0.25, 0.3) is 0 Å². The van der Waals surface area contributed by atoms with Crippen molar-refractivity contribution in [1.29, 1.82) is 0 Å². The van der Waals surface area contributed by atoms with E-state index in [0.29, 0.717) is 10.8 Å². The number of nitrogens with one attached hydrogen (secondary N) is 1. The van der Waals surface area contributed by atoms with E-state index in [0.717, 1.165) is 36.2 Å². The van der Waals surface area contributed by atoms with Crippen molar-refractivity contribution in [2.75, 3.05) is 30.4 Å². The molecule has 1 aliphatic rings. The fourth-order valence-corrected chi connectivity index (χ4v) is 3.23. The lowest BCUT2D eigenvalue weighted by Gasteiger charge is -2.22. The normalized spacial score (nSPS) is 15.0. The number of aryl methyl sites for hydroxylation is 1. The number of methoxy groups -OCH3 is 1. The van der Waals surface area contributed by atoms with Gasteiger partial charge in [0, 0.05) is 24.8 Å². The summed E-state index contributed by atoms with van der Waals surface area (Å²) in [7, 11) is 1.61. The maximum Gasteiger partial charge on any atom is 0.137 e. The number of aromatic nitrogens is 2. The molecular weight excluding hydrogens is 324 g/mol. The Morgan fingerprint density at radius 3 is 2.50 bits per heavy atom. The highest BCUT2D eigenvalue weighted by Crippen LogP contribution is 2.29.